The van der Waals surface area contributed by atoms with Crippen molar-refractivity contribution < 1.29 is 22.7 Å². The van der Waals surface area contributed by atoms with E-state index in [9.17, 15) is 18.0 Å². The fraction of sp³-hybridized carbons (Fsp3) is 0.625. The lowest BCUT2D eigenvalue weighted by molar-refractivity contribution is -0.141. The molecule has 0 unspecified atom stereocenters. The number of likely N-dealkylation sites (tertiary alicyclic amines) is 1. The van der Waals surface area contributed by atoms with Crippen molar-refractivity contribution in [2.45, 2.75) is 38.0 Å². The van der Waals surface area contributed by atoms with Gasteiger partial charge in [0.1, 0.15) is 11.5 Å². The van der Waals surface area contributed by atoms with Gasteiger partial charge in [-0.15, -0.1) is 0 Å². The van der Waals surface area contributed by atoms with Crippen molar-refractivity contribution in [3.05, 3.63) is 23.9 Å². The number of hydrogen-bond acceptors (Lipinski definition) is 3. The molecule has 0 aromatic carbocycles. The van der Waals surface area contributed by atoms with Crippen LogP contribution in [0.5, 0.6) is 0 Å². The maximum Gasteiger partial charge on any atom is 0.433 e. The van der Waals surface area contributed by atoms with Crippen molar-refractivity contribution in [1.82, 2.24) is 9.88 Å². The second-order valence-corrected chi connectivity index (χ2v) is 6.21. The summed E-state index contributed by atoms with van der Waals surface area (Å²) in [6.45, 7) is 1.97. The highest BCUT2D eigenvalue weighted by Gasteiger charge is 2.33. The van der Waals surface area contributed by atoms with Gasteiger partial charge in [-0.3, -0.25) is 5.32 Å². The SMILES string of the molecule is O=C(Nc1cccc(C(F)(F)F)n1)N1CCC([C@@H]2CCCO2)CC1. The lowest BCUT2D eigenvalue weighted by Crippen LogP contribution is -2.43. The van der Waals surface area contributed by atoms with Crippen LogP contribution in [0.1, 0.15) is 31.4 Å². The molecule has 0 spiro atoms. The Morgan fingerprint density at radius 1 is 1.25 bits per heavy atom. The summed E-state index contributed by atoms with van der Waals surface area (Å²) in [6.07, 6.45) is -0.361. The molecule has 5 nitrogen and oxygen atoms in total. The average Bonchev–Trinajstić information content (AvgIpc) is 3.09. The molecule has 2 amide bonds. The molecule has 2 saturated heterocycles. The quantitative estimate of drug-likeness (QED) is 0.894. The van der Waals surface area contributed by atoms with Crippen molar-refractivity contribution in [1.29, 1.82) is 0 Å². The first-order valence-electron chi connectivity index (χ1n) is 8.15. The molecule has 3 heterocycles. The number of halogens is 3. The number of urea groups is 1. The first-order chi connectivity index (χ1) is 11.4. The molecule has 0 saturated carbocycles. The van der Waals surface area contributed by atoms with Crippen LogP contribution in [0.25, 0.3) is 0 Å². The van der Waals surface area contributed by atoms with Crippen molar-refractivity contribution in [2.75, 3.05) is 25.0 Å². The molecule has 1 N–H and O–H groups in total. The van der Waals surface area contributed by atoms with E-state index in [1.165, 1.54) is 12.1 Å². The molecule has 2 aliphatic heterocycles. The number of aromatic nitrogens is 1. The molecule has 3 rings (SSSR count). The largest absolute Gasteiger partial charge is 0.433 e. The van der Waals surface area contributed by atoms with Gasteiger partial charge in [0.2, 0.25) is 0 Å². The lowest BCUT2D eigenvalue weighted by Gasteiger charge is -2.34. The minimum Gasteiger partial charge on any atom is -0.378 e. The van der Waals surface area contributed by atoms with E-state index in [0.717, 1.165) is 38.4 Å². The summed E-state index contributed by atoms with van der Waals surface area (Å²) < 4.78 is 43.7. The summed E-state index contributed by atoms with van der Waals surface area (Å²) in [4.78, 5) is 17.3. The van der Waals surface area contributed by atoms with Gasteiger partial charge in [-0.1, -0.05) is 6.07 Å². The van der Waals surface area contributed by atoms with Gasteiger partial charge in [-0.05, 0) is 43.7 Å². The number of ether oxygens (including phenoxy) is 1. The number of piperidine rings is 1. The zero-order chi connectivity index (χ0) is 17.2. The van der Waals surface area contributed by atoms with Crippen molar-refractivity contribution in [3.63, 3.8) is 0 Å². The second kappa shape index (κ2) is 6.96. The summed E-state index contributed by atoms with van der Waals surface area (Å²) in [5.74, 6) is 0.374. The predicted molar refractivity (Wildman–Crippen MR) is 81.5 cm³/mol. The molecule has 0 radical (unpaired) electrons. The van der Waals surface area contributed by atoms with Crippen LogP contribution in [0.4, 0.5) is 23.8 Å². The highest BCUT2D eigenvalue weighted by molar-refractivity contribution is 5.88. The summed E-state index contributed by atoms with van der Waals surface area (Å²) in [6, 6.07) is 3.05. The first-order valence-corrected chi connectivity index (χ1v) is 8.15. The van der Waals surface area contributed by atoms with Crippen LogP contribution in [0, 0.1) is 5.92 Å². The Morgan fingerprint density at radius 3 is 2.62 bits per heavy atom. The standard InChI is InChI=1S/C16H20F3N3O2/c17-16(18,19)13-4-1-5-14(20-13)21-15(23)22-8-6-11(7-9-22)12-3-2-10-24-12/h1,4-5,11-12H,2-3,6-10H2,(H,20,21,23)/t12-/m0/s1. The molecule has 1 aromatic rings. The van der Waals surface area contributed by atoms with E-state index in [1.54, 1.807) is 4.90 Å². The molecule has 8 heteroatoms. The topological polar surface area (TPSA) is 54.5 Å². The van der Waals surface area contributed by atoms with E-state index in [-0.39, 0.29) is 5.82 Å². The lowest BCUT2D eigenvalue weighted by atomic mass is 9.90. The molecule has 1 atom stereocenters. The Kier molecular flexibility index (Phi) is 4.93. The molecule has 24 heavy (non-hydrogen) atoms. The van der Waals surface area contributed by atoms with Gasteiger partial charge in [0, 0.05) is 19.7 Å². The summed E-state index contributed by atoms with van der Waals surface area (Å²) >= 11 is 0. The number of hydrogen-bond donors (Lipinski definition) is 1. The number of anilines is 1. The Morgan fingerprint density at radius 2 is 2.00 bits per heavy atom. The molecular formula is C16H20F3N3O2. The van der Waals surface area contributed by atoms with Crippen molar-refractivity contribution in [2.24, 2.45) is 5.92 Å². The predicted octanol–water partition coefficient (Wildman–Crippen LogP) is 3.52. The van der Waals surface area contributed by atoms with Crippen molar-refractivity contribution >= 4 is 11.8 Å². The number of nitrogens with zero attached hydrogens (tertiary/aromatic N) is 2. The van der Waals surface area contributed by atoms with Gasteiger partial charge in [-0.2, -0.15) is 13.2 Å². The Hall–Kier alpha value is -1.83. The highest BCUT2D eigenvalue weighted by atomic mass is 19.4. The number of rotatable bonds is 2. The molecule has 132 valence electrons. The second-order valence-electron chi connectivity index (χ2n) is 6.21. The third-order valence-electron chi connectivity index (χ3n) is 4.59. The van der Waals surface area contributed by atoms with Gasteiger partial charge in [0.15, 0.2) is 0 Å². The third-order valence-corrected chi connectivity index (χ3v) is 4.59. The summed E-state index contributed by atoms with van der Waals surface area (Å²) in [5.41, 5.74) is -1.02. The minimum absolute atomic E-state index is 0.0870. The van der Waals surface area contributed by atoms with Crippen LogP contribution in [0.3, 0.4) is 0 Å². The average molecular weight is 343 g/mol. The van der Waals surface area contributed by atoms with Gasteiger partial charge in [0.05, 0.1) is 6.10 Å². The number of pyridine rings is 1. The van der Waals surface area contributed by atoms with E-state index in [2.05, 4.69) is 10.3 Å². The molecule has 0 bridgehead atoms. The van der Waals surface area contributed by atoms with Crippen LogP contribution in [0.2, 0.25) is 0 Å². The van der Waals surface area contributed by atoms with Crippen LogP contribution in [-0.2, 0) is 10.9 Å². The van der Waals surface area contributed by atoms with E-state index < -0.39 is 17.9 Å². The monoisotopic (exact) mass is 343 g/mol. The van der Waals surface area contributed by atoms with Crippen LogP contribution >= 0.6 is 0 Å². The maximum absolute atomic E-state index is 12.7. The Labute approximate surface area is 138 Å². The number of nitrogens with one attached hydrogen (secondary N) is 1. The normalized spacial score (nSPS) is 22.6. The van der Waals surface area contributed by atoms with E-state index in [0.29, 0.717) is 25.1 Å². The molecule has 2 fully saturated rings. The molecule has 0 aliphatic carbocycles. The van der Waals surface area contributed by atoms with Gasteiger partial charge in [0.25, 0.3) is 0 Å². The molecule has 2 aliphatic rings. The zero-order valence-electron chi connectivity index (χ0n) is 13.2. The van der Waals surface area contributed by atoms with E-state index in [4.69, 9.17) is 4.74 Å². The highest BCUT2D eigenvalue weighted by Crippen LogP contribution is 2.30. The Bertz CT molecular complexity index is 580. The van der Waals surface area contributed by atoms with Gasteiger partial charge in [-0.25, -0.2) is 9.78 Å². The van der Waals surface area contributed by atoms with Crippen LogP contribution < -0.4 is 5.32 Å². The first kappa shape index (κ1) is 17.0. The fourth-order valence-corrected chi connectivity index (χ4v) is 3.30. The fourth-order valence-electron chi connectivity index (χ4n) is 3.30. The number of alkyl halides is 3. The Balaban J connectivity index is 1.54. The maximum atomic E-state index is 12.7. The number of carbonyl (C=O) groups is 1. The number of carbonyl (C=O) groups excluding carboxylic acids is 1. The van der Waals surface area contributed by atoms with Crippen LogP contribution in [0.15, 0.2) is 18.2 Å². The summed E-state index contributed by atoms with van der Waals surface area (Å²) in [7, 11) is 0. The van der Waals surface area contributed by atoms with E-state index in [1.807, 2.05) is 0 Å². The smallest absolute Gasteiger partial charge is 0.378 e. The third kappa shape index (κ3) is 3.98. The minimum atomic E-state index is -4.53. The molecule has 1 aromatic heterocycles. The summed E-state index contributed by atoms with van der Waals surface area (Å²) in [5, 5.41) is 2.45. The van der Waals surface area contributed by atoms with Crippen LogP contribution in [-0.4, -0.2) is 41.7 Å². The zero-order valence-corrected chi connectivity index (χ0v) is 13.2. The van der Waals surface area contributed by atoms with E-state index >= 15 is 0 Å². The van der Waals surface area contributed by atoms with Crippen molar-refractivity contribution in [3.8, 4) is 0 Å². The number of amides is 2. The van der Waals surface area contributed by atoms with Gasteiger partial charge >= 0.3 is 12.2 Å². The molecular weight excluding hydrogens is 323 g/mol. The van der Waals surface area contributed by atoms with Gasteiger partial charge < -0.3 is 9.64 Å².